The Hall–Kier alpha value is -1.75. The zero-order chi connectivity index (χ0) is 12.0. The van der Waals surface area contributed by atoms with Crippen molar-refractivity contribution in [2.24, 2.45) is 11.5 Å². The molecule has 0 fully saturated rings. The van der Waals surface area contributed by atoms with Gasteiger partial charge in [0.25, 0.3) is 0 Å². The summed E-state index contributed by atoms with van der Waals surface area (Å²) in [6, 6.07) is 4.65. The van der Waals surface area contributed by atoms with Crippen LogP contribution in [0, 0.1) is 5.41 Å². The van der Waals surface area contributed by atoms with Gasteiger partial charge in [-0.05, 0) is 18.2 Å². The number of hydrogen-bond donors (Lipinski definition) is 5. The van der Waals surface area contributed by atoms with Crippen molar-refractivity contribution in [1.29, 1.82) is 5.41 Å². The van der Waals surface area contributed by atoms with Crippen molar-refractivity contribution >= 4 is 11.5 Å². The molecule has 1 aromatic rings. The van der Waals surface area contributed by atoms with Crippen molar-refractivity contribution < 1.29 is 5.11 Å². The fourth-order valence-electron chi connectivity index (χ4n) is 0.790. The first-order valence-corrected chi connectivity index (χ1v) is 4.52. The van der Waals surface area contributed by atoms with Crippen LogP contribution < -0.4 is 17.2 Å². The summed E-state index contributed by atoms with van der Waals surface area (Å²) in [6.07, 6.45) is 0. The minimum absolute atomic E-state index is 0.0233. The smallest absolute Gasteiger partial charge is 0.122 e. The summed E-state index contributed by atoms with van der Waals surface area (Å²) < 4.78 is 0. The van der Waals surface area contributed by atoms with Crippen LogP contribution in [0.1, 0.15) is 19.4 Å². The first-order chi connectivity index (χ1) is 6.82. The SMILES string of the molecule is CC(C)N.N=C(N)c1cc(N)cc(O)c1. The molecule has 0 aliphatic carbocycles. The van der Waals surface area contributed by atoms with Crippen molar-refractivity contribution in [3.05, 3.63) is 23.8 Å². The second-order valence-corrected chi connectivity index (χ2v) is 3.47. The van der Waals surface area contributed by atoms with E-state index in [0.29, 0.717) is 17.3 Å². The summed E-state index contributed by atoms with van der Waals surface area (Å²) in [6.45, 7) is 3.89. The Kier molecular flexibility index (Phi) is 5.19. The van der Waals surface area contributed by atoms with Crippen LogP contribution in [0.3, 0.4) is 0 Å². The lowest BCUT2D eigenvalue weighted by Gasteiger charge is -2.00. The molecule has 0 aliphatic rings. The van der Waals surface area contributed by atoms with Gasteiger partial charge in [0, 0.05) is 17.3 Å². The minimum Gasteiger partial charge on any atom is -0.508 e. The molecule has 0 heterocycles. The van der Waals surface area contributed by atoms with Gasteiger partial charge in [-0.1, -0.05) is 13.8 Å². The number of nitrogens with two attached hydrogens (primary N) is 3. The van der Waals surface area contributed by atoms with E-state index in [0.717, 1.165) is 0 Å². The van der Waals surface area contributed by atoms with Gasteiger partial charge in [0.05, 0.1) is 0 Å². The van der Waals surface area contributed by atoms with Crippen LogP contribution in [-0.4, -0.2) is 17.0 Å². The number of phenols is 1. The number of anilines is 1. The van der Waals surface area contributed by atoms with E-state index in [1.807, 2.05) is 13.8 Å². The fourth-order valence-corrected chi connectivity index (χ4v) is 0.790. The molecule has 0 radical (unpaired) electrons. The van der Waals surface area contributed by atoms with Crippen molar-refractivity contribution in [2.45, 2.75) is 19.9 Å². The first kappa shape index (κ1) is 13.2. The maximum absolute atomic E-state index is 9.01. The predicted octanol–water partition coefficient (Wildman–Crippen LogP) is 0.612. The molecule has 1 aromatic carbocycles. The van der Waals surface area contributed by atoms with Crippen LogP contribution in [-0.2, 0) is 0 Å². The van der Waals surface area contributed by atoms with E-state index in [2.05, 4.69) is 0 Å². The topological polar surface area (TPSA) is 122 Å². The van der Waals surface area contributed by atoms with Crippen LogP contribution in [0.4, 0.5) is 5.69 Å². The van der Waals surface area contributed by atoms with Gasteiger partial charge in [-0.2, -0.15) is 0 Å². The molecule has 0 aromatic heterocycles. The largest absolute Gasteiger partial charge is 0.508 e. The highest BCUT2D eigenvalue weighted by Gasteiger charge is 1.98. The molecular formula is C10H18N4O. The van der Waals surface area contributed by atoms with E-state index < -0.39 is 0 Å². The standard InChI is InChI=1S/C7H9N3O.C3H9N/c8-5-1-4(7(9)10)2-6(11)3-5;1-3(2)4/h1-3,11H,8H2,(H3,9,10);3H,4H2,1-2H3. The Balaban J connectivity index is 0.000000423. The van der Waals surface area contributed by atoms with Gasteiger partial charge in [0.1, 0.15) is 11.6 Å². The van der Waals surface area contributed by atoms with E-state index >= 15 is 0 Å². The van der Waals surface area contributed by atoms with E-state index in [9.17, 15) is 0 Å². The molecule has 0 bridgehead atoms. The van der Waals surface area contributed by atoms with Gasteiger partial charge in [-0.25, -0.2) is 0 Å². The molecular weight excluding hydrogens is 192 g/mol. The molecule has 5 heteroatoms. The Bertz CT molecular complexity index is 313. The molecule has 5 nitrogen and oxygen atoms in total. The third-order valence-electron chi connectivity index (χ3n) is 1.25. The fraction of sp³-hybridized carbons (Fsp3) is 0.300. The highest BCUT2D eigenvalue weighted by Crippen LogP contribution is 2.16. The summed E-state index contributed by atoms with van der Waals surface area (Å²) in [7, 11) is 0. The second kappa shape index (κ2) is 5.87. The summed E-state index contributed by atoms with van der Waals surface area (Å²) in [4.78, 5) is 0. The van der Waals surface area contributed by atoms with Crippen LogP contribution in [0.2, 0.25) is 0 Å². The van der Waals surface area contributed by atoms with Gasteiger partial charge in [-0.3, -0.25) is 5.41 Å². The molecule has 0 aliphatic heterocycles. The van der Waals surface area contributed by atoms with Gasteiger partial charge < -0.3 is 22.3 Å². The van der Waals surface area contributed by atoms with Crippen LogP contribution in [0.15, 0.2) is 18.2 Å². The predicted molar refractivity (Wildman–Crippen MR) is 62.9 cm³/mol. The summed E-state index contributed by atoms with van der Waals surface area (Å²) >= 11 is 0. The number of hydrogen-bond acceptors (Lipinski definition) is 4. The zero-order valence-corrected chi connectivity index (χ0v) is 8.99. The molecule has 0 unspecified atom stereocenters. The summed E-state index contributed by atoms with van der Waals surface area (Å²) in [5.41, 5.74) is 16.5. The highest BCUT2D eigenvalue weighted by atomic mass is 16.3. The number of phenolic OH excluding ortho intramolecular Hbond substituents is 1. The average molecular weight is 210 g/mol. The molecule has 0 amide bonds. The molecule has 84 valence electrons. The number of nitrogen functional groups attached to an aromatic ring is 2. The maximum Gasteiger partial charge on any atom is 0.122 e. The number of benzene rings is 1. The summed E-state index contributed by atoms with van der Waals surface area (Å²) in [5, 5.41) is 16.1. The number of amidine groups is 1. The van der Waals surface area contributed by atoms with Crippen LogP contribution >= 0.6 is 0 Å². The van der Waals surface area contributed by atoms with Crippen molar-refractivity contribution in [3.63, 3.8) is 0 Å². The Morgan fingerprint density at radius 3 is 2.13 bits per heavy atom. The van der Waals surface area contributed by atoms with E-state index in [-0.39, 0.29) is 11.6 Å². The molecule has 0 spiro atoms. The molecule has 1 rings (SSSR count). The van der Waals surface area contributed by atoms with E-state index in [1.165, 1.54) is 18.2 Å². The molecule has 0 saturated heterocycles. The van der Waals surface area contributed by atoms with Gasteiger partial charge in [0.2, 0.25) is 0 Å². The van der Waals surface area contributed by atoms with Crippen molar-refractivity contribution in [3.8, 4) is 5.75 Å². The Labute approximate surface area is 89.4 Å². The monoisotopic (exact) mass is 210 g/mol. The van der Waals surface area contributed by atoms with Gasteiger partial charge in [0.15, 0.2) is 0 Å². The normalized spacial score (nSPS) is 9.33. The lowest BCUT2D eigenvalue weighted by molar-refractivity contribution is 0.475. The van der Waals surface area contributed by atoms with Crippen molar-refractivity contribution in [2.75, 3.05) is 5.73 Å². The second-order valence-electron chi connectivity index (χ2n) is 3.47. The number of aromatic hydroxyl groups is 1. The van der Waals surface area contributed by atoms with E-state index in [1.54, 1.807) is 0 Å². The Morgan fingerprint density at radius 2 is 1.80 bits per heavy atom. The zero-order valence-electron chi connectivity index (χ0n) is 8.99. The molecule has 15 heavy (non-hydrogen) atoms. The van der Waals surface area contributed by atoms with Crippen LogP contribution in [0.5, 0.6) is 5.75 Å². The minimum atomic E-state index is -0.104. The average Bonchev–Trinajstić information content (AvgIpc) is 2.00. The lowest BCUT2D eigenvalue weighted by Crippen LogP contribution is -2.11. The quantitative estimate of drug-likeness (QED) is 0.265. The molecule has 0 saturated carbocycles. The molecule has 8 N–H and O–H groups in total. The van der Waals surface area contributed by atoms with Gasteiger partial charge >= 0.3 is 0 Å². The highest BCUT2D eigenvalue weighted by molar-refractivity contribution is 5.96. The number of rotatable bonds is 1. The van der Waals surface area contributed by atoms with Gasteiger partial charge in [-0.15, -0.1) is 0 Å². The number of nitrogens with one attached hydrogen (secondary N) is 1. The Morgan fingerprint density at radius 1 is 1.33 bits per heavy atom. The van der Waals surface area contributed by atoms with Crippen LogP contribution in [0.25, 0.3) is 0 Å². The summed E-state index contributed by atoms with van der Waals surface area (Å²) in [5.74, 6) is -0.0807. The van der Waals surface area contributed by atoms with Crippen molar-refractivity contribution in [1.82, 2.24) is 0 Å². The third-order valence-corrected chi connectivity index (χ3v) is 1.25. The molecule has 0 atom stereocenters. The lowest BCUT2D eigenvalue weighted by atomic mass is 10.2. The first-order valence-electron chi connectivity index (χ1n) is 4.52. The van der Waals surface area contributed by atoms with E-state index in [4.69, 9.17) is 27.7 Å². The maximum atomic E-state index is 9.01. The third kappa shape index (κ3) is 6.34.